The van der Waals surface area contributed by atoms with Crippen molar-refractivity contribution in [2.24, 2.45) is 0 Å². The molecule has 2 aromatic carbocycles. The van der Waals surface area contributed by atoms with Gasteiger partial charge in [0.15, 0.2) is 21.3 Å². The summed E-state index contributed by atoms with van der Waals surface area (Å²) in [6, 6.07) is 7.10. The second-order valence-electron chi connectivity index (χ2n) is 5.70. The Morgan fingerprint density at radius 2 is 1.59 bits per heavy atom. The van der Waals surface area contributed by atoms with Crippen molar-refractivity contribution in [2.45, 2.75) is 9.79 Å². The van der Waals surface area contributed by atoms with Crippen molar-refractivity contribution >= 4 is 31.5 Å². The normalized spacial score (nSPS) is 13.8. The second-order valence-corrected chi connectivity index (χ2v) is 9.40. The summed E-state index contributed by atoms with van der Waals surface area (Å²) in [5.41, 5.74) is -0.263. The molecule has 0 aromatic heterocycles. The number of carboxylic acid groups (broad SMARTS) is 1. The third kappa shape index (κ3) is 3.98. The number of aromatic carboxylic acids is 1. The van der Waals surface area contributed by atoms with Crippen LogP contribution in [0.5, 0.6) is 11.5 Å². The fourth-order valence-corrected chi connectivity index (χ4v) is 4.12. The van der Waals surface area contributed by atoms with Crippen LogP contribution >= 0.6 is 0 Å². The minimum absolute atomic E-state index is 0.0195. The summed E-state index contributed by atoms with van der Waals surface area (Å²) in [5, 5.41) is 9.32. The molecule has 0 saturated heterocycles. The number of ether oxygens (including phenoxy) is 2. The number of fused-ring (bicyclic) bond motifs is 1. The zero-order valence-corrected chi connectivity index (χ0v) is 15.6. The standard InChI is InChI=1S/C16H15NO8S2/c1-26(20,21)11-2-4-12(5-3-11)27(22,23)17-10-8-13(16(18)19)15-14(9-10)24-6-7-25-15/h2-5,8-9,17H,6-7H2,1H3,(H,18,19). The quantitative estimate of drug-likeness (QED) is 0.750. The molecule has 0 aliphatic carbocycles. The first-order chi connectivity index (χ1) is 12.6. The molecule has 0 bridgehead atoms. The lowest BCUT2D eigenvalue weighted by atomic mass is 10.1. The van der Waals surface area contributed by atoms with Crippen molar-refractivity contribution in [1.82, 2.24) is 0 Å². The van der Waals surface area contributed by atoms with E-state index in [1.165, 1.54) is 18.2 Å². The fraction of sp³-hybridized carbons (Fsp3) is 0.188. The maximum atomic E-state index is 12.5. The van der Waals surface area contributed by atoms with Gasteiger partial charge in [0, 0.05) is 12.3 Å². The van der Waals surface area contributed by atoms with E-state index in [4.69, 9.17) is 9.47 Å². The van der Waals surface area contributed by atoms with Gasteiger partial charge >= 0.3 is 5.97 Å². The summed E-state index contributed by atoms with van der Waals surface area (Å²) in [6.45, 7) is 0.389. The fourth-order valence-electron chi connectivity index (χ4n) is 2.45. The van der Waals surface area contributed by atoms with Crippen molar-refractivity contribution < 1.29 is 36.2 Å². The van der Waals surface area contributed by atoms with Crippen LogP contribution in [0, 0.1) is 0 Å². The van der Waals surface area contributed by atoms with E-state index in [1.54, 1.807) is 0 Å². The van der Waals surface area contributed by atoms with E-state index >= 15 is 0 Å². The number of rotatable bonds is 5. The Bertz CT molecular complexity index is 1110. The number of nitrogens with one attached hydrogen (secondary N) is 1. The third-order valence-electron chi connectivity index (χ3n) is 3.69. The Morgan fingerprint density at radius 3 is 2.19 bits per heavy atom. The topological polar surface area (TPSA) is 136 Å². The molecule has 0 amide bonds. The van der Waals surface area contributed by atoms with Crippen LogP contribution in [-0.2, 0) is 19.9 Å². The molecule has 1 aliphatic heterocycles. The smallest absolute Gasteiger partial charge is 0.339 e. The van der Waals surface area contributed by atoms with Crippen molar-refractivity contribution in [3.05, 3.63) is 42.0 Å². The number of carbonyl (C=O) groups is 1. The molecule has 0 spiro atoms. The number of carboxylic acids is 1. The summed E-state index contributed by atoms with van der Waals surface area (Å²) in [5.74, 6) is -1.14. The van der Waals surface area contributed by atoms with Crippen LogP contribution in [0.25, 0.3) is 0 Å². The van der Waals surface area contributed by atoms with Gasteiger partial charge in [-0.3, -0.25) is 4.72 Å². The molecule has 0 fully saturated rings. The van der Waals surface area contributed by atoms with Crippen LogP contribution in [0.1, 0.15) is 10.4 Å². The van der Waals surface area contributed by atoms with E-state index in [9.17, 15) is 26.7 Å². The lowest BCUT2D eigenvalue weighted by Gasteiger charge is -2.21. The molecule has 9 nitrogen and oxygen atoms in total. The molecule has 0 radical (unpaired) electrons. The Hall–Kier alpha value is -2.79. The highest BCUT2D eigenvalue weighted by Gasteiger charge is 2.24. The summed E-state index contributed by atoms with van der Waals surface area (Å²) in [6.07, 6.45) is 1.01. The minimum atomic E-state index is -4.08. The first-order valence-electron chi connectivity index (χ1n) is 7.58. The number of hydrogen-bond acceptors (Lipinski definition) is 7. The summed E-state index contributed by atoms with van der Waals surface area (Å²) < 4.78 is 60.9. The van der Waals surface area contributed by atoms with E-state index in [1.807, 2.05) is 0 Å². The summed E-state index contributed by atoms with van der Waals surface area (Å²) in [4.78, 5) is 11.2. The van der Waals surface area contributed by atoms with Gasteiger partial charge < -0.3 is 14.6 Å². The molecule has 27 heavy (non-hydrogen) atoms. The monoisotopic (exact) mass is 413 g/mol. The number of anilines is 1. The van der Waals surface area contributed by atoms with Gasteiger partial charge in [0.05, 0.1) is 15.5 Å². The molecule has 2 N–H and O–H groups in total. The SMILES string of the molecule is CS(=O)(=O)c1ccc(S(=O)(=O)Nc2cc3c(c(C(=O)O)c2)OCCO3)cc1. The van der Waals surface area contributed by atoms with Gasteiger partial charge in [-0.2, -0.15) is 0 Å². The van der Waals surface area contributed by atoms with Crippen molar-refractivity contribution in [3.63, 3.8) is 0 Å². The number of hydrogen-bond donors (Lipinski definition) is 2. The molecule has 0 atom stereocenters. The third-order valence-corrected chi connectivity index (χ3v) is 6.21. The zero-order chi connectivity index (χ0) is 19.8. The largest absolute Gasteiger partial charge is 0.486 e. The average molecular weight is 413 g/mol. The highest BCUT2D eigenvalue weighted by Crippen LogP contribution is 2.37. The molecule has 1 aliphatic rings. The van der Waals surface area contributed by atoms with Gasteiger partial charge in [-0.05, 0) is 30.3 Å². The second kappa shape index (κ2) is 6.74. The van der Waals surface area contributed by atoms with Crippen LogP contribution in [0.3, 0.4) is 0 Å². The summed E-state index contributed by atoms with van der Waals surface area (Å²) >= 11 is 0. The maximum Gasteiger partial charge on any atom is 0.339 e. The molecule has 144 valence electrons. The van der Waals surface area contributed by atoms with Gasteiger partial charge in [-0.15, -0.1) is 0 Å². The van der Waals surface area contributed by atoms with Gasteiger partial charge in [0.2, 0.25) is 0 Å². The average Bonchev–Trinajstić information content (AvgIpc) is 2.60. The molecular formula is C16H15NO8S2. The van der Waals surface area contributed by atoms with E-state index in [0.717, 1.165) is 24.5 Å². The Morgan fingerprint density at radius 1 is 1.00 bits per heavy atom. The maximum absolute atomic E-state index is 12.5. The molecule has 11 heteroatoms. The van der Waals surface area contributed by atoms with Gasteiger partial charge in [-0.25, -0.2) is 21.6 Å². The highest BCUT2D eigenvalue weighted by atomic mass is 32.2. The predicted molar refractivity (Wildman–Crippen MR) is 94.8 cm³/mol. The van der Waals surface area contributed by atoms with Crippen molar-refractivity contribution in [1.29, 1.82) is 0 Å². The molecule has 0 unspecified atom stereocenters. The lowest BCUT2D eigenvalue weighted by Crippen LogP contribution is -2.19. The van der Waals surface area contributed by atoms with E-state index in [0.29, 0.717) is 0 Å². The predicted octanol–water partition coefficient (Wildman–Crippen LogP) is 1.36. The van der Waals surface area contributed by atoms with Crippen molar-refractivity contribution in [2.75, 3.05) is 24.2 Å². The van der Waals surface area contributed by atoms with E-state index in [-0.39, 0.29) is 45.8 Å². The van der Waals surface area contributed by atoms with Gasteiger partial charge in [-0.1, -0.05) is 0 Å². The molecule has 0 saturated carbocycles. The van der Waals surface area contributed by atoms with Crippen LogP contribution in [0.15, 0.2) is 46.2 Å². The molecule has 3 rings (SSSR count). The first kappa shape index (κ1) is 19.0. The van der Waals surface area contributed by atoms with Crippen LogP contribution in [0.4, 0.5) is 5.69 Å². The lowest BCUT2D eigenvalue weighted by molar-refractivity contribution is 0.0686. The number of benzene rings is 2. The molecule has 1 heterocycles. The highest BCUT2D eigenvalue weighted by molar-refractivity contribution is 7.92. The van der Waals surface area contributed by atoms with E-state index < -0.39 is 25.8 Å². The molecular weight excluding hydrogens is 398 g/mol. The van der Waals surface area contributed by atoms with Crippen LogP contribution in [0.2, 0.25) is 0 Å². The van der Waals surface area contributed by atoms with Gasteiger partial charge in [0.25, 0.3) is 10.0 Å². The Kier molecular flexibility index (Phi) is 4.74. The number of sulfonamides is 1. The van der Waals surface area contributed by atoms with E-state index in [2.05, 4.69) is 4.72 Å². The van der Waals surface area contributed by atoms with Crippen LogP contribution < -0.4 is 14.2 Å². The van der Waals surface area contributed by atoms with Gasteiger partial charge in [0.1, 0.15) is 18.8 Å². The Labute approximate surface area is 155 Å². The van der Waals surface area contributed by atoms with Crippen LogP contribution in [-0.4, -0.2) is 47.4 Å². The summed E-state index contributed by atoms with van der Waals surface area (Å²) in [7, 11) is -7.54. The molecule has 2 aromatic rings. The zero-order valence-electron chi connectivity index (χ0n) is 14.0. The Balaban J connectivity index is 1.96. The number of sulfone groups is 1. The minimum Gasteiger partial charge on any atom is -0.486 e. The first-order valence-corrected chi connectivity index (χ1v) is 11.0. The van der Waals surface area contributed by atoms with Crippen molar-refractivity contribution in [3.8, 4) is 11.5 Å².